The molecule has 0 aliphatic rings. The maximum absolute atomic E-state index is 13.0. The smallest absolute Gasteiger partial charge is 0.338 e. The molecule has 3 N–H and O–H groups in total. The van der Waals surface area contributed by atoms with Crippen LogP contribution in [0.15, 0.2) is 12.1 Å². The second kappa shape index (κ2) is 3.93. The van der Waals surface area contributed by atoms with Crippen LogP contribution in [0.2, 0.25) is 0 Å². The van der Waals surface area contributed by atoms with Crippen LogP contribution in [0.5, 0.6) is 5.75 Å². The number of carbonyl (C=O) groups is 1. The number of aromatic carboxylic acids is 1. The zero-order valence-electron chi connectivity index (χ0n) is 7.24. The van der Waals surface area contributed by atoms with Crippen LogP contribution in [0, 0.1) is 5.82 Å². The third kappa shape index (κ3) is 1.74. The number of carboxylic acid groups (broad SMARTS) is 1. The van der Waals surface area contributed by atoms with Crippen LogP contribution in [0.25, 0.3) is 0 Å². The van der Waals surface area contributed by atoms with Crippen molar-refractivity contribution in [2.75, 3.05) is 12.6 Å². The minimum absolute atomic E-state index is 0.0324. The fourth-order valence-electron chi connectivity index (χ4n) is 0.974. The lowest BCUT2D eigenvalue weighted by molar-refractivity contribution is 0.0691. The minimum Gasteiger partial charge on any atom is -0.494 e. The fraction of sp³-hybridized carbons (Fsp3) is 0.125. The predicted octanol–water partition coefficient (Wildman–Crippen LogP) is 1.33. The highest BCUT2D eigenvalue weighted by molar-refractivity contribution is 5.89. The highest BCUT2D eigenvalue weighted by atomic mass is 19.1. The number of rotatable bonds is 3. The molecular weight excluding hydrogens is 193 g/mol. The summed E-state index contributed by atoms with van der Waals surface area (Å²) in [4.78, 5) is 10.5. The van der Waals surface area contributed by atoms with E-state index in [9.17, 15) is 9.18 Å². The van der Waals surface area contributed by atoms with Crippen molar-refractivity contribution in [2.24, 2.45) is 0 Å². The number of hydrogen-bond donors (Lipinski definition) is 3. The molecule has 0 bridgehead atoms. The number of methoxy groups -OCH3 is 1. The Morgan fingerprint density at radius 1 is 1.57 bits per heavy atom. The molecule has 0 saturated carbocycles. The molecule has 0 spiro atoms. The van der Waals surface area contributed by atoms with E-state index >= 15 is 0 Å². The Labute approximate surface area is 78.7 Å². The summed E-state index contributed by atoms with van der Waals surface area (Å²) in [7, 11) is 1.28. The summed E-state index contributed by atoms with van der Waals surface area (Å²) in [6.45, 7) is 0. The molecule has 6 heteroatoms. The summed E-state index contributed by atoms with van der Waals surface area (Å²) in [6, 6.07) is 1.82. The molecule has 1 rings (SSSR count). The molecule has 76 valence electrons. The Morgan fingerprint density at radius 2 is 2.21 bits per heavy atom. The molecule has 0 aromatic heterocycles. The van der Waals surface area contributed by atoms with Gasteiger partial charge in [-0.05, 0) is 6.07 Å². The maximum Gasteiger partial charge on any atom is 0.338 e. The Balaban J connectivity index is 3.30. The van der Waals surface area contributed by atoms with Crippen molar-refractivity contribution < 1.29 is 24.2 Å². The quantitative estimate of drug-likeness (QED) is 0.643. The molecule has 0 aliphatic heterocycles. The SMILES string of the molecule is COc1cc(C(=O)O)c(F)cc1NO. The third-order valence-corrected chi connectivity index (χ3v) is 1.64. The van der Waals surface area contributed by atoms with Crippen LogP contribution in [-0.2, 0) is 0 Å². The van der Waals surface area contributed by atoms with Crippen LogP contribution < -0.4 is 10.2 Å². The molecule has 0 saturated heterocycles. The Bertz CT molecular complexity index is 367. The molecule has 1 aromatic carbocycles. The molecule has 14 heavy (non-hydrogen) atoms. The van der Waals surface area contributed by atoms with Gasteiger partial charge in [0.15, 0.2) is 0 Å². The van der Waals surface area contributed by atoms with Gasteiger partial charge < -0.3 is 9.84 Å². The summed E-state index contributed by atoms with van der Waals surface area (Å²) in [5.74, 6) is -2.30. The van der Waals surface area contributed by atoms with Gasteiger partial charge in [0.2, 0.25) is 0 Å². The molecule has 0 amide bonds. The van der Waals surface area contributed by atoms with Gasteiger partial charge in [-0.25, -0.2) is 9.18 Å². The van der Waals surface area contributed by atoms with E-state index in [1.54, 1.807) is 5.48 Å². The number of hydrogen-bond acceptors (Lipinski definition) is 4. The average Bonchev–Trinajstić information content (AvgIpc) is 2.16. The van der Waals surface area contributed by atoms with Crippen molar-refractivity contribution in [3.05, 3.63) is 23.5 Å². The van der Waals surface area contributed by atoms with Crippen LogP contribution in [0.4, 0.5) is 10.1 Å². The first-order valence-electron chi connectivity index (χ1n) is 3.61. The fourth-order valence-corrected chi connectivity index (χ4v) is 0.974. The predicted molar refractivity (Wildman–Crippen MR) is 45.3 cm³/mol. The van der Waals surface area contributed by atoms with Gasteiger partial charge in [-0.3, -0.25) is 10.7 Å². The van der Waals surface area contributed by atoms with Gasteiger partial charge in [0.25, 0.3) is 0 Å². The summed E-state index contributed by atoms with van der Waals surface area (Å²) in [5, 5.41) is 17.1. The van der Waals surface area contributed by atoms with Gasteiger partial charge in [0.05, 0.1) is 12.7 Å². The standard InChI is InChI=1S/C8H8FNO4/c1-14-7-2-4(8(11)12)5(9)3-6(7)10-13/h2-3,10,13H,1H3,(H,11,12). The van der Waals surface area contributed by atoms with Crippen molar-refractivity contribution in [1.29, 1.82) is 0 Å². The van der Waals surface area contributed by atoms with E-state index in [0.717, 1.165) is 12.1 Å². The van der Waals surface area contributed by atoms with Gasteiger partial charge in [0, 0.05) is 6.07 Å². The largest absolute Gasteiger partial charge is 0.494 e. The van der Waals surface area contributed by atoms with E-state index in [-0.39, 0.29) is 11.4 Å². The van der Waals surface area contributed by atoms with Gasteiger partial charge in [-0.15, -0.1) is 0 Å². The van der Waals surface area contributed by atoms with Crippen LogP contribution in [0.3, 0.4) is 0 Å². The lowest BCUT2D eigenvalue weighted by Crippen LogP contribution is -2.03. The summed E-state index contributed by atoms with van der Waals surface area (Å²) in [6.07, 6.45) is 0. The Hall–Kier alpha value is -1.82. The molecule has 1 aromatic rings. The first-order valence-corrected chi connectivity index (χ1v) is 3.61. The molecule has 0 atom stereocenters. The number of benzene rings is 1. The van der Waals surface area contributed by atoms with Crippen LogP contribution in [-0.4, -0.2) is 23.4 Å². The van der Waals surface area contributed by atoms with E-state index < -0.39 is 17.3 Å². The third-order valence-electron chi connectivity index (χ3n) is 1.64. The van der Waals surface area contributed by atoms with Gasteiger partial charge in [0.1, 0.15) is 17.3 Å². The lowest BCUT2D eigenvalue weighted by atomic mass is 10.2. The monoisotopic (exact) mass is 201 g/mol. The first kappa shape index (κ1) is 10.3. The highest BCUT2D eigenvalue weighted by Gasteiger charge is 2.14. The molecule has 0 heterocycles. The first-order chi connectivity index (χ1) is 6.60. The zero-order valence-corrected chi connectivity index (χ0v) is 7.24. The molecule has 0 unspecified atom stereocenters. The molecule has 5 nitrogen and oxygen atoms in total. The van der Waals surface area contributed by atoms with Crippen molar-refractivity contribution in [2.45, 2.75) is 0 Å². The highest BCUT2D eigenvalue weighted by Crippen LogP contribution is 2.27. The number of carboxylic acids is 1. The van der Waals surface area contributed by atoms with E-state index in [1.807, 2.05) is 0 Å². The Kier molecular flexibility index (Phi) is 2.88. The van der Waals surface area contributed by atoms with Gasteiger partial charge in [-0.2, -0.15) is 0 Å². The van der Waals surface area contributed by atoms with E-state index in [0.29, 0.717) is 0 Å². The van der Waals surface area contributed by atoms with Gasteiger partial charge >= 0.3 is 5.97 Å². The summed E-state index contributed by atoms with van der Waals surface area (Å²) in [5.41, 5.74) is 1.15. The molecule has 0 fully saturated rings. The number of ether oxygens (including phenoxy) is 1. The van der Waals surface area contributed by atoms with Crippen LogP contribution in [0.1, 0.15) is 10.4 Å². The average molecular weight is 201 g/mol. The van der Waals surface area contributed by atoms with Crippen molar-refractivity contribution >= 4 is 11.7 Å². The number of anilines is 1. The van der Waals surface area contributed by atoms with Crippen molar-refractivity contribution in [1.82, 2.24) is 0 Å². The van der Waals surface area contributed by atoms with E-state index in [4.69, 9.17) is 15.1 Å². The summed E-state index contributed by atoms with van der Waals surface area (Å²) >= 11 is 0. The van der Waals surface area contributed by atoms with E-state index in [1.165, 1.54) is 7.11 Å². The van der Waals surface area contributed by atoms with Crippen LogP contribution >= 0.6 is 0 Å². The maximum atomic E-state index is 13.0. The normalized spacial score (nSPS) is 9.64. The second-order valence-corrected chi connectivity index (χ2v) is 2.45. The zero-order chi connectivity index (χ0) is 10.7. The van der Waals surface area contributed by atoms with Gasteiger partial charge in [-0.1, -0.05) is 0 Å². The topological polar surface area (TPSA) is 78.8 Å². The summed E-state index contributed by atoms with van der Waals surface area (Å²) < 4.78 is 17.7. The van der Waals surface area contributed by atoms with Crippen molar-refractivity contribution in [3.8, 4) is 5.75 Å². The minimum atomic E-state index is -1.40. The molecular formula is C8H8FNO4. The second-order valence-electron chi connectivity index (χ2n) is 2.45. The molecule has 0 aliphatic carbocycles. The number of nitrogens with one attached hydrogen (secondary N) is 1. The number of halogens is 1. The lowest BCUT2D eigenvalue weighted by Gasteiger charge is -2.08. The molecule has 0 radical (unpaired) electrons. The van der Waals surface area contributed by atoms with Crippen molar-refractivity contribution in [3.63, 3.8) is 0 Å². The Morgan fingerprint density at radius 3 is 2.64 bits per heavy atom. The van der Waals surface area contributed by atoms with E-state index in [2.05, 4.69) is 0 Å².